The maximum absolute atomic E-state index is 11.9. The minimum atomic E-state index is 0.173. The number of carbonyl (C=O) groups is 1. The molecule has 1 unspecified atom stereocenters. The average Bonchev–Trinajstić information content (AvgIpc) is 2.81. The van der Waals surface area contributed by atoms with E-state index in [-0.39, 0.29) is 5.91 Å². The highest BCUT2D eigenvalue weighted by molar-refractivity contribution is 5.77. The monoisotopic (exact) mass is 269 g/mol. The standard InChI is InChI=1S/C15H31N3O/c1-4-5-8-17-15(19)12-18(10-13(2)3)11-14-7-6-9-16-14/h13-14,16H,4-12H2,1-3H3,(H,17,19). The minimum absolute atomic E-state index is 0.173. The lowest BCUT2D eigenvalue weighted by molar-refractivity contribution is -0.122. The third-order valence-electron chi connectivity index (χ3n) is 3.48. The molecule has 0 saturated carbocycles. The summed E-state index contributed by atoms with van der Waals surface area (Å²) < 4.78 is 0. The first-order valence-electron chi connectivity index (χ1n) is 7.84. The first kappa shape index (κ1) is 16.4. The Balaban J connectivity index is 2.32. The second-order valence-corrected chi connectivity index (χ2v) is 6.08. The molecule has 0 bridgehead atoms. The predicted octanol–water partition coefficient (Wildman–Crippen LogP) is 1.61. The van der Waals surface area contributed by atoms with Gasteiger partial charge >= 0.3 is 0 Å². The van der Waals surface area contributed by atoms with Crippen molar-refractivity contribution in [2.45, 2.75) is 52.5 Å². The lowest BCUT2D eigenvalue weighted by Crippen LogP contribution is -2.44. The zero-order valence-corrected chi connectivity index (χ0v) is 12.9. The van der Waals surface area contributed by atoms with Crippen molar-refractivity contribution in [3.05, 3.63) is 0 Å². The Morgan fingerprint density at radius 2 is 2.26 bits per heavy atom. The summed E-state index contributed by atoms with van der Waals surface area (Å²) in [5.74, 6) is 0.775. The maximum atomic E-state index is 11.9. The van der Waals surface area contributed by atoms with Gasteiger partial charge in [-0.25, -0.2) is 0 Å². The molecule has 4 nitrogen and oxygen atoms in total. The molecule has 1 fully saturated rings. The second-order valence-electron chi connectivity index (χ2n) is 6.08. The van der Waals surface area contributed by atoms with E-state index in [1.807, 2.05) is 0 Å². The average molecular weight is 269 g/mol. The van der Waals surface area contributed by atoms with Crippen molar-refractivity contribution in [3.8, 4) is 0 Å². The Hall–Kier alpha value is -0.610. The van der Waals surface area contributed by atoms with Crippen molar-refractivity contribution in [1.29, 1.82) is 0 Å². The lowest BCUT2D eigenvalue weighted by Gasteiger charge is -2.26. The number of hydrogen-bond acceptors (Lipinski definition) is 3. The van der Waals surface area contributed by atoms with Gasteiger partial charge < -0.3 is 10.6 Å². The van der Waals surface area contributed by atoms with E-state index in [1.165, 1.54) is 12.8 Å². The second kappa shape index (κ2) is 9.32. The highest BCUT2D eigenvalue weighted by Crippen LogP contribution is 2.08. The molecule has 1 aliphatic heterocycles. The molecule has 1 amide bonds. The summed E-state index contributed by atoms with van der Waals surface area (Å²) in [6, 6.07) is 0.571. The SMILES string of the molecule is CCCCNC(=O)CN(CC(C)C)CC1CCCN1. The summed E-state index contributed by atoms with van der Waals surface area (Å²) in [5, 5.41) is 6.52. The van der Waals surface area contributed by atoms with Crippen molar-refractivity contribution >= 4 is 5.91 Å². The van der Waals surface area contributed by atoms with Gasteiger partial charge in [0.1, 0.15) is 0 Å². The molecule has 1 rings (SSSR count). The summed E-state index contributed by atoms with van der Waals surface area (Å²) in [6.45, 7) is 11.0. The lowest BCUT2D eigenvalue weighted by atomic mass is 10.1. The van der Waals surface area contributed by atoms with Crippen LogP contribution in [0.15, 0.2) is 0 Å². The quantitative estimate of drug-likeness (QED) is 0.625. The van der Waals surface area contributed by atoms with E-state index in [0.717, 1.165) is 39.0 Å². The molecule has 2 N–H and O–H groups in total. The smallest absolute Gasteiger partial charge is 0.234 e. The largest absolute Gasteiger partial charge is 0.355 e. The van der Waals surface area contributed by atoms with Gasteiger partial charge in [0.25, 0.3) is 0 Å². The van der Waals surface area contributed by atoms with E-state index in [1.54, 1.807) is 0 Å². The fourth-order valence-corrected chi connectivity index (χ4v) is 2.61. The van der Waals surface area contributed by atoms with Crippen LogP contribution in [0.25, 0.3) is 0 Å². The number of nitrogens with zero attached hydrogens (tertiary/aromatic N) is 1. The van der Waals surface area contributed by atoms with Crippen LogP contribution in [0.3, 0.4) is 0 Å². The number of hydrogen-bond donors (Lipinski definition) is 2. The highest BCUT2D eigenvalue weighted by Gasteiger charge is 2.20. The van der Waals surface area contributed by atoms with Crippen LogP contribution < -0.4 is 10.6 Å². The van der Waals surface area contributed by atoms with E-state index < -0.39 is 0 Å². The number of rotatable bonds is 9. The molecule has 4 heteroatoms. The molecule has 0 aliphatic carbocycles. The van der Waals surface area contributed by atoms with Gasteiger partial charge in [0.2, 0.25) is 5.91 Å². The van der Waals surface area contributed by atoms with E-state index in [9.17, 15) is 4.79 Å². The molecule has 112 valence electrons. The van der Waals surface area contributed by atoms with Crippen LogP contribution in [0, 0.1) is 5.92 Å². The number of nitrogens with one attached hydrogen (secondary N) is 2. The number of amides is 1. The first-order chi connectivity index (χ1) is 9.11. The molecule has 1 heterocycles. The molecule has 0 radical (unpaired) electrons. The van der Waals surface area contributed by atoms with Gasteiger partial charge in [-0.05, 0) is 31.7 Å². The molecule has 1 atom stereocenters. The Bertz CT molecular complexity index is 250. The van der Waals surface area contributed by atoms with E-state index in [0.29, 0.717) is 18.5 Å². The summed E-state index contributed by atoms with van der Waals surface area (Å²) >= 11 is 0. The van der Waals surface area contributed by atoms with E-state index in [4.69, 9.17) is 0 Å². The molecule has 19 heavy (non-hydrogen) atoms. The van der Waals surface area contributed by atoms with Crippen molar-refractivity contribution < 1.29 is 4.79 Å². The van der Waals surface area contributed by atoms with Gasteiger partial charge in [-0.1, -0.05) is 27.2 Å². The van der Waals surface area contributed by atoms with Crippen LogP contribution in [0.1, 0.15) is 46.5 Å². The molecule has 0 spiro atoms. The van der Waals surface area contributed by atoms with Gasteiger partial charge in [0, 0.05) is 25.7 Å². The third-order valence-corrected chi connectivity index (χ3v) is 3.48. The Morgan fingerprint density at radius 3 is 2.84 bits per heavy atom. The van der Waals surface area contributed by atoms with Gasteiger partial charge in [0.05, 0.1) is 6.54 Å². The Kier molecular flexibility index (Phi) is 8.07. The minimum Gasteiger partial charge on any atom is -0.355 e. The fourth-order valence-electron chi connectivity index (χ4n) is 2.61. The molecule has 0 aromatic heterocycles. The van der Waals surface area contributed by atoms with Crippen molar-refractivity contribution in [3.63, 3.8) is 0 Å². The Labute approximate surface area is 118 Å². The van der Waals surface area contributed by atoms with Crippen molar-refractivity contribution in [1.82, 2.24) is 15.5 Å². The molecule has 1 aliphatic rings. The van der Waals surface area contributed by atoms with Crippen LogP contribution in [0.4, 0.5) is 0 Å². The van der Waals surface area contributed by atoms with Crippen molar-refractivity contribution in [2.75, 3.05) is 32.7 Å². The van der Waals surface area contributed by atoms with Gasteiger partial charge in [-0.15, -0.1) is 0 Å². The van der Waals surface area contributed by atoms with Gasteiger partial charge in [-0.3, -0.25) is 9.69 Å². The molecule has 1 saturated heterocycles. The van der Waals surface area contributed by atoms with Crippen LogP contribution in [-0.4, -0.2) is 49.6 Å². The predicted molar refractivity (Wildman–Crippen MR) is 80.2 cm³/mol. The van der Waals surface area contributed by atoms with Crippen LogP contribution in [0.5, 0.6) is 0 Å². The molecular formula is C15H31N3O. The van der Waals surface area contributed by atoms with E-state index in [2.05, 4.69) is 36.3 Å². The maximum Gasteiger partial charge on any atom is 0.234 e. The summed E-state index contributed by atoms with van der Waals surface area (Å²) in [6.07, 6.45) is 4.71. The number of carbonyl (C=O) groups excluding carboxylic acids is 1. The van der Waals surface area contributed by atoms with E-state index >= 15 is 0 Å². The van der Waals surface area contributed by atoms with Crippen molar-refractivity contribution in [2.24, 2.45) is 5.92 Å². The fraction of sp³-hybridized carbons (Fsp3) is 0.933. The zero-order chi connectivity index (χ0) is 14.1. The van der Waals surface area contributed by atoms with Gasteiger partial charge in [0.15, 0.2) is 0 Å². The first-order valence-corrected chi connectivity index (χ1v) is 7.84. The van der Waals surface area contributed by atoms with Crippen LogP contribution >= 0.6 is 0 Å². The number of unbranched alkanes of at least 4 members (excludes halogenated alkanes) is 1. The topological polar surface area (TPSA) is 44.4 Å². The van der Waals surface area contributed by atoms with Crippen LogP contribution in [-0.2, 0) is 4.79 Å². The van der Waals surface area contributed by atoms with Crippen LogP contribution in [0.2, 0.25) is 0 Å². The van der Waals surface area contributed by atoms with Gasteiger partial charge in [-0.2, -0.15) is 0 Å². The summed E-state index contributed by atoms with van der Waals surface area (Å²) in [7, 11) is 0. The molecular weight excluding hydrogens is 238 g/mol. The zero-order valence-electron chi connectivity index (χ0n) is 12.9. The highest BCUT2D eigenvalue weighted by atomic mass is 16.2. The molecule has 0 aromatic carbocycles. The summed E-state index contributed by atoms with van der Waals surface area (Å²) in [5.41, 5.74) is 0. The summed E-state index contributed by atoms with van der Waals surface area (Å²) in [4.78, 5) is 14.2. The Morgan fingerprint density at radius 1 is 1.47 bits per heavy atom. The molecule has 0 aromatic rings. The normalized spacial score (nSPS) is 19.3. The third kappa shape index (κ3) is 7.53.